The van der Waals surface area contributed by atoms with Crippen LogP contribution in [0.2, 0.25) is 0 Å². The molecule has 2 aromatic rings. The van der Waals surface area contributed by atoms with E-state index < -0.39 is 11.9 Å². The topological polar surface area (TPSA) is 115 Å². The van der Waals surface area contributed by atoms with Crippen molar-refractivity contribution < 1.29 is 30.0 Å². The number of carboxylic acids is 2. The number of aromatic carboxylic acids is 2. The van der Waals surface area contributed by atoms with Crippen molar-refractivity contribution in [2.24, 2.45) is 5.92 Å². The maximum absolute atomic E-state index is 10.2. The van der Waals surface area contributed by atoms with Crippen molar-refractivity contribution in [2.45, 2.75) is 84.8 Å². The number of carbonyl (C=O) groups is 2. The predicted octanol–water partition coefficient (Wildman–Crippen LogP) is 7.08. The summed E-state index contributed by atoms with van der Waals surface area (Å²) in [6.07, 6.45) is 8.82. The van der Waals surface area contributed by atoms with Crippen LogP contribution in [0, 0.1) is 5.92 Å². The molecule has 6 heteroatoms. The van der Waals surface area contributed by atoms with E-state index in [1.54, 1.807) is 67.6 Å². The Morgan fingerprint density at radius 1 is 0.806 bits per heavy atom. The number of aliphatic hydroxyl groups excluding tert-OH is 2. The van der Waals surface area contributed by atoms with Crippen molar-refractivity contribution in [3.05, 3.63) is 84.4 Å². The number of hydrogen-bond donors (Lipinski definition) is 4. The molecule has 0 saturated carbocycles. The van der Waals surface area contributed by atoms with Crippen molar-refractivity contribution in [1.82, 2.24) is 0 Å². The summed E-state index contributed by atoms with van der Waals surface area (Å²) in [6, 6.07) is 16.6. The van der Waals surface area contributed by atoms with Crippen LogP contribution in [0.3, 0.4) is 0 Å². The first-order valence-electron chi connectivity index (χ1n) is 12.7. The molecule has 0 aliphatic heterocycles. The third-order valence-corrected chi connectivity index (χ3v) is 5.05. The summed E-state index contributed by atoms with van der Waals surface area (Å²) in [5.41, 5.74) is 0.662. The van der Waals surface area contributed by atoms with Crippen LogP contribution in [-0.4, -0.2) is 44.6 Å². The second kappa shape index (κ2) is 23.8. The highest BCUT2D eigenvalue weighted by molar-refractivity contribution is 5.87. The van der Waals surface area contributed by atoms with Gasteiger partial charge in [0.2, 0.25) is 0 Å². The highest BCUT2D eigenvalue weighted by Gasteiger charge is 2.05. The highest BCUT2D eigenvalue weighted by atomic mass is 16.4. The Bertz CT molecular complexity index is 740. The van der Waals surface area contributed by atoms with E-state index >= 15 is 0 Å². The lowest BCUT2D eigenvalue weighted by Crippen LogP contribution is -2.13. The maximum Gasteiger partial charge on any atom is 0.335 e. The Hall–Kier alpha value is -2.96. The van der Waals surface area contributed by atoms with E-state index in [-0.39, 0.29) is 12.2 Å². The SMILES string of the molecule is C=CCC(CC)CCC.CCCC(O)CC(C)O.O=C(O)c1ccccc1.O=C(O)c1ccccc1. The van der Waals surface area contributed by atoms with Gasteiger partial charge < -0.3 is 20.4 Å². The predicted molar refractivity (Wildman–Crippen MR) is 148 cm³/mol. The standard InChI is InChI=1S/C9H18.2C7H6O2.C7H16O2/c1-4-7-9(6-3)8-5-2;2*8-7(9)6-4-2-1-3-5-6;1-3-4-7(9)5-6(2)8/h4,9H,1,5-8H2,2-3H3;2*1-5H,(H,8,9);6-9H,3-5H2,1-2H3. The van der Waals surface area contributed by atoms with Gasteiger partial charge in [0.25, 0.3) is 0 Å². The first-order chi connectivity index (χ1) is 17.1. The van der Waals surface area contributed by atoms with Gasteiger partial charge in [0.05, 0.1) is 23.3 Å². The number of carboxylic acid groups (broad SMARTS) is 2. The molecule has 202 valence electrons. The van der Waals surface area contributed by atoms with Crippen LogP contribution < -0.4 is 0 Å². The molecule has 6 nitrogen and oxygen atoms in total. The van der Waals surface area contributed by atoms with E-state index in [2.05, 4.69) is 20.4 Å². The lowest BCUT2D eigenvalue weighted by atomic mass is 9.97. The van der Waals surface area contributed by atoms with Gasteiger partial charge in [-0.1, -0.05) is 88.9 Å². The van der Waals surface area contributed by atoms with Crippen LogP contribution in [-0.2, 0) is 0 Å². The summed E-state index contributed by atoms with van der Waals surface area (Å²) in [5.74, 6) is -0.862. The van der Waals surface area contributed by atoms with Crippen LogP contribution in [0.4, 0.5) is 0 Å². The summed E-state index contributed by atoms with van der Waals surface area (Å²) in [5, 5.41) is 34.6. The molecule has 3 atom stereocenters. The first-order valence-corrected chi connectivity index (χ1v) is 12.7. The Balaban J connectivity index is 0. The number of aliphatic hydroxyl groups is 2. The molecule has 0 spiro atoms. The fourth-order valence-electron chi connectivity index (χ4n) is 3.14. The molecular weight excluding hydrogens is 456 g/mol. The molecule has 0 aliphatic rings. The largest absolute Gasteiger partial charge is 0.478 e. The first kappa shape index (κ1) is 35.2. The van der Waals surface area contributed by atoms with Crippen LogP contribution >= 0.6 is 0 Å². The monoisotopic (exact) mass is 502 g/mol. The molecule has 36 heavy (non-hydrogen) atoms. The van der Waals surface area contributed by atoms with Crippen molar-refractivity contribution >= 4 is 11.9 Å². The minimum absolute atomic E-state index is 0.310. The Morgan fingerprint density at radius 3 is 1.47 bits per heavy atom. The lowest BCUT2D eigenvalue weighted by Gasteiger charge is -2.09. The zero-order valence-corrected chi connectivity index (χ0v) is 22.3. The normalized spacial score (nSPS) is 12.1. The molecule has 4 N–H and O–H groups in total. The molecule has 0 aliphatic carbocycles. The number of allylic oxidation sites excluding steroid dienone is 1. The molecule has 0 radical (unpaired) electrons. The third kappa shape index (κ3) is 21.6. The molecule has 2 rings (SSSR count). The third-order valence-electron chi connectivity index (χ3n) is 5.05. The van der Waals surface area contributed by atoms with Gasteiger partial charge in [-0.05, 0) is 56.4 Å². The Labute approximate surface area is 217 Å². The minimum atomic E-state index is -0.879. The molecule has 3 unspecified atom stereocenters. The van der Waals surface area contributed by atoms with E-state index in [1.807, 2.05) is 13.0 Å². The van der Waals surface area contributed by atoms with Gasteiger partial charge in [-0.25, -0.2) is 9.59 Å². The van der Waals surface area contributed by atoms with Gasteiger partial charge in [0.15, 0.2) is 0 Å². The van der Waals surface area contributed by atoms with Gasteiger partial charge >= 0.3 is 11.9 Å². The lowest BCUT2D eigenvalue weighted by molar-refractivity contribution is 0.0686. The van der Waals surface area contributed by atoms with Crippen molar-refractivity contribution in [2.75, 3.05) is 0 Å². The van der Waals surface area contributed by atoms with Crippen molar-refractivity contribution in [3.8, 4) is 0 Å². The number of rotatable bonds is 11. The zero-order chi connectivity index (χ0) is 27.8. The van der Waals surface area contributed by atoms with Crippen molar-refractivity contribution in [1.29, 1.82) is 0 Å². The Morgan fingerprint density at radius 2 is 1.22 bits per heavy atom. The van der Waals surface area contributed by atoms with E-state index in [1.165, 1.54) is 25.7 Å². The highest BCUT2D eigenvalue weighted by Crippen LogP contribution is 2.14. The Kier molecular flexibility index (Phi) is 23.2. The van der Waals surface area contributed by atoms with E-state index in [0.717, 1.165) is 18.8 Å². The average molecular weight is 503 g/mol. The maximum atomic E-state index is 10.2. The summed E-state index contributed by atoms with van der Waals surface area (Å²) < 4.78 is 0. The second-order valence-electron chi connectivity index (χ2n) is 8.46. The van der Waals surface area contributed by atoms with Crippen LogP contribution in [0.25, 0.3) is 0 Å². The van der Waals surface area contributed by atoms with Gasteiger partial charge in [-0.15, -0.1) is 6.58 Å². The van der Waals surface area contributed by atoms with Crippen molar-refractivity contribution in [3.63, 3.8) is 0 Å². The van der Waals surface area contributed by atoms with E-state index in [4.69, 9.17) is 20.4 Å². The molecule has 2 aromatic carbocycles. The van der Waals surface area contributed by atoms with Gasteiger partial charge in [0.1, 0.15) is 0 Å². The summed E-state index contributed by atoms with van der Waals surface area (Å²) in [6.45, 7) is 11.9. The molecule has 0 fully saturated rings. The van der Waals surface area contributed by atoms with E-state index in [9.17, 15) is 9.59 Å². The quantitative estimate of drug-likeness (QED) is 0.244. The molecular formula is C30H46O6. The van der Waals surface area contributed by atoms with Gasteiger partial charge in [-0.3, -0.25) is 0 Å². The zero-order valence-electron chi connectivity index (χ0n) is 22.3. The minimum Gasteiger partial charge on any atom is -0.478 e. The second-order valence-corrected chi connectivity index (χ2v) is 8.46. The fraction of sp³-hybridized carbons (Fsp3) is 0.467. The number of hydrogen-bond acceptors (Lipinski definition) is 4. The van der Waals surface area contributed by atoms with E-state index in [0.29, 0.717) is 17.5 Å². The smallest absolute Gasteiger partial charge is 0.335 e. The number of benzene rings is 2. The average Bonchev–Trinajstić information content (AvgIpc) is 2.86. The molecule has 0 bridgehead atoms. The summed E-state index contributed by atoms with van der Waals surface area (Å²) in [4.78, 5) is 20.4. The van der Waals surface area contributed by atoms with Crippen LogP contribution in [0.1, 0.15) is 93.4 Å². The molecule has 0 amide bonds. The molecule has 0 aromatic heterocycles. The van der Waals surface area contributed by atoms with Gasteiger partial charge in [0, 0.05) is 0 Å². The fourth-order valence-corrected chi connectivity index (χ4v) is 3.14. The van der Waals surface area contributed by atoms with Crippen LogP contribution in [0.15, 0.2) is 73.3 Å². The summed E-state index contributed by atoms with van der Waals surface area (Å²) >= 11 is 0. The molecule has 0 heterocycles. The van der Waals surface area contributed by atoms with Crippen LogP contribution in [0.5, 0.6) is 0 Å². The summed E-state index contributed by atoms with van der Waals surface area (Å²) in [7, 11) is 0. The molecule has 0 saturated heterocycles. The van der Waals surface area contributed by atoms with Gasteiger partial charge in [-0.2, -0.15) is 0 Å².